The van der Waals surface area contributed by atoms with Crippen molar-refractivity contribution in [1.29, 1.82) is 0 Å². The molecule has 3 rings (SSSR count). The van der Waals surface area contributed by atoms with Gasteiger partial charge in [-0.2, -0.15) is 0 Å². The second kappa shape index (κ2) is 5.68. The zero-order chi connectivity index (χ0) is 13.9. The van der Waals surface area contributed by atoms with Crippen molar-refractivity contribution in [3.05, 3.63) is 23.8 Å². The number of rotatable bonds is 3. The van der Waals surface area contributed by atoms with Gasteiger partial charge in [-0.05, 0) is 17.7 Å². The summed E-state index contributed by atoms with van der Waals surface area (Å²) in [6.45, 7) is 2.89. The summed E-state index contributed by atoms with van der Waals surface area (Å²) in [6.07, 6.45) is -0.497. The van der Waals surface area contributed by atoms with Crippen LogP contribution in [0.25, 0.3) is 0 Å². The van der Waals surface area contributed by atoms with Gasteiger partial charge in [0.05, 0.1) is 13.7 Å². The van der Waals surface area contributed by atoms with Gasteiger partial charge in [-0.25, -0.2) is 4.79 Å². The highest BCUT2D eigenvalue weighted by Crippen LogP contribution is 2.32. The minimum absolute atomic E-state index is 0.279. The van der Waals surface area contributed by atoms with Crippen LogP contribution in [0.3, 0.4) is 0 Å². The van der Waals surface area contributed by atoms with Gasteiger partial charge in [0.25, 0.3) is 0 Å². The van der Waals surface area contributed by atoms with Crippen LogP contribution in [0.5, 0.6) is 11.5 Å². The first-order valence-electron chi connectivity index (χ1n) is 6.56. The van der Waals surface area contributed by atoms with E-state index in [4.69, 9.17) is 18.9 Å². The molecular formula is C14H17NO5. The summed E-state index contributed by atoms with van der Waals surface area (Å²) in [5, 5.41) is 0. The first kappa shape index (κ1) is 13.2. The van der Waals surface area contributed by atoms with Crippen molar-refractivity contribution in [2.24, 2.45) is 0 Å². The third kappa shape index (κ3) is 2.71. The second-order valence-electron chi connectivity index (χ2n) is 4.81. The highest BCUT2D eigenvalue weighted by molar-refractivity contribution is 5.74. The SMILES string of the molecule is COC(=O)C1CN(Cc2ccc3c(c2)OCO3)CCO1. The molecular weight excluding hydrogens is 262 g/mol. The number of methoxy groups -OCH3 is 1. The average molecular weight is 279 g/mol. The van der Waals surface area contributed by atoms with E-state index in [9.17, 15) is 4.79 Å². The zero-order valence-electron chi connectivity index (χ0n) is 11.3. The number of hydrogen-bond donors (Lipinski definition) is 0. The van der Waals surface area contributed by atoms with Gasteiger partial charge in [0.1, 0.15) is 0 Å². The monoisotopic (exact) mass is 279 g/mol. The van der Waals surface area contributed by atoms with E-state index in [1.165, 1.54) is 7.11 Å². The van der Waals surface area contributed by atoms with Crippen molar-refractivity contribution in [2.45, 2.75) is 12.6 Å². The van der Waals surface area contributed by atoms with E-state index < -0.39 is 6.10 Å². The molecule has 0 bridgehead atoms. The lowest BCUT2D eigenvalue weighted by molar-refractivity contribution is -0.160. The van der Waals surface area contributed by atoms with Crippen LogP contribution in [0.15, 0.2) is 18.2 Å². The van der Waals surface area contributed by atoms with Crippen molar-refractivity contribution in [3.63, 3.8) is 0 Å². The molecule has 0 aromatic heterocycles. The largest absolute Gasteiger partial charge is 0.467 e. The summed E-state index contributed by atoms with van der Waals surface area (Å²) < 4.78 is 20.8. The van der Waals surface area contributed by atoms with E-state index >= 15 is 0 Å². The first-order valence-corrected chi connectivity index (χ1v) is 6.56. The number of ether oxygens (including phenoxy) is 4. The molecule has 1 aromatic carbocycles. The van der Waals surface area contributed by atoms with Gasteiger partial charge < -0.3 is 18.9 Å². The summed E-state index contributed by atoms with van der Waals surface area (Å²) >= 11 is 0. The van der Waals surface area contributed by atoms with Gasteiger partial charge in [0.15, 0.2) is 17.6 Å². The van der Waals surface area contributed by atoms with Crippen molar-refractivity contribution in [1.82, 2.24) is 4.90 Å². The Bertz CT molecular complexity index is 504. The topological polar surface area (TPSA) is 57.2 Å². The Hall–Kier alpha value is -1.79. The normalized spacial score (nSPS) is 21.8. The van der Waals surface area contributed by atoms with Crippen LogP contribution < -0.4 is 9.47 Å². The number of carbonyl (C=O) groups is 1. The summed E-state index contributed by atoms with van der Waals surface area (Å²) in [5.41, 5.74) is 1.12. The van der Waals surface area contributed by atoms with E-state index in [0.717, 1.165) is 30.2 Å². The predicted octanol–water partition coefficient (Wildman–Crippen LogP) is 0.789. The van der Waals surface area contributed by atoms with E-state index in [0.29, 0.717) is 13.2 Å². The maximum absolute atomic E-state index is 11.5. The minimum Gasteiger partial charge on any atom is -0.467 e. The molecule has 0 spiro atoms. The Morgan fingerprint density at radius 2 is 2.25 bits per heavy atom. The molecule has 1 saturated heterocycles. The zero-order valence-corrected chi connectivity index (χ0v) is 11.3. The fourth-order valence-electron chi connectivity index (χ4n) is 2.42. The molecule has 1 fully saturated rings. The van der Waals surface area contributed by atoms with Crippen LogP contribution in [0.1, 0.15) is 5.56 Å². The number of morpholine rings is 1. The molecule has 0 aliphatic carbocycles. The lowest BCUT2D eigenvalue weighted by Crippen LogP contribution is -2.46. The quantitative estimate of drug-likeness (QED) is 0.762. The highest BCUT2D eigenvalue weighted by Gasteiger charge is 2.27. The molecule has 2 aliphatic heterocycles. The van der Waals surface area contributed by atoms with Gasteiger partial charge in [-0.3, -0.25) is 4.90 Å². The van der Waals surface area contributed by atoms with Gasteiger partial charge in [0, 0.05) is 19.6 Å². The maximum atomic E-state index is 11.5. The summed E-state index contributed by atoms with van der Waals surface area (Å²) in [5.74, 6) is 1.24. The maximum Gasteiger partial charge on any atom is 0.336 e. The Morgan fingerprint density at radius 3 is 3.10 bits per heavy atom. The molecule has 20 heavy (non-hydrogen) atoms. The van der Waals surface area contributed by atoms with Crippen molar-refractivity contribution < 1.29 is 23.7 Å². The second-order valence-corrected chi connectivity index (χ2v) is 4.81. The molecule has 0 N–H and O–H groups in total. The molecule has 1 aromatic rings. The third-order valence-corrected chi connectivity index (χ3v) is 3.46. The molecule has 1 atom stereocenters. The van der Waals surface area contributed by atoms with Crippen molar-refractivity contribution in [3.8, 4) is 11.5 Å². The number of hydrogen-bond acceptors (Lipinski definition) is 6. The Kier molecular flexibility index (Phi) is 3.75. The molecule has 0 radical (unpaired) electrons. The van der Waals surface area contributed by atoms with Crippen LogP contribution in [0, 0.1) is 0 Å². The first-order chi connectivity index (χ1) is 9.76. The van der Waals surface area contributed by atoms with E-state index in [-0.39, 0.29) is 12.8 Å². The summed E-state index contributed by atoms with van der Waals surface area (Å²) in [6, 6.07) is 5.90. The Morgan fingerprint density at radius 1 is 1.40 bits per heavy atom. The fraction of sp³-hybridized carbons (Fsp3) is 0.500. The molecule has 0 saturated carbocycles. The van der Waals surface area contributed by atoms with E-state index in [2.05, 4.69) is 4.90 Å². The molecule has 2 heterocycles. The van der Waals surface area contributed by atoms with E-state index in [1.54, 1.807) is 0 Å². The van der Waals surface area contributed by atoms with Gasteiger partial charge in [0.2, 0.25) is 6.79 Å². The van der Waals surface area contributed by atoms with Gasteiger partial charge in [-0.15, -0.1) is 0 Å². The number of carbonyl (C=O) groups excluding carboxylic acids is 1. The van der Waals surface area contributed by atoms with Crippen molar-refractivity contribution in [2.75, 3.05) is 33.6 Å². The smallest absolute Gasteiger partial charge is 0.336 e. The summed E-state index contributed by atoms with van der Waals surface area (Å²) in [7, 11) is 1.38. The fourth-order valence-corrected chi connectivity index (χ4v) is 2.42. The lowest BCUT2D eigenvalue weighted by Gasteiger charge is -2.31. The highest BCUT2D eigenvalue weighted by atomic mass is 16.7. The number of nitrogens with zero attached hydrogens (tertiary/aromatic N) is 1. The van der Waals surface area contributed by atoms with Crippen LogP contribution in [-0.2, 0) is 20.8 Å². The predicted molar refractivity (Wildman–Crippen MR) is 69.6 cm³/mol. The average Bonchev–Trinajstić information content (AvgIpc) is 2.94. The van der Waals surface area contributed by atoms with Crippen LogP contribution in [0.4, 0.5) is 0 Å². The van der Waals surface area contributed by atoms with Crippen LogP contribution in [0.2, 0.25) is 0 Å². The molecule has 6 nitrogen and oxygen atoms in total. The third-order valence-electron chi connectivity index (χ3n) is 3.46. The number of esters is 1. The molecule has 6 heteroatoms. The number of benzene rings is 1. The van der Waals surface area contributed by atoms with Gasteiger partial charge >= 0.3 is 5.97 Å². The van der Waals surface area contributed by atoms with Crippen LogP contribution in [-0.4, -0.2) is 50.6 Å². The lowest BCUT2D eigenvalue weighted by atomic mass is 10.1. The Balaban J connectivity index is 1.64. The molecule has 108 valence electrons. The summed E-state index contributed by atoms with van der Waals surface area (Å²) in [4.78, 5) is 13.7. The van der Waals surface area contributed by atoms with Crippen LogP contribution >= 0.6 is 0 Å². The molecule has 0 amide bonds. The number of fused-ring (bicyclic) bond motifs is 1. The molecule has 1 unspecified atom stereocenters. The van der Waals surface area contributed by atoms with E-state index in [1.807, 2.05) is 18.2 Å². The Labute approximate surface area is 117 Å². The van der Waals surface area contributed by atoms with Crippen molar-refractivity contribution >= 4 is 5.97 Å². The van der Waals surface area contributed by atoms with Gasteiger partial charge in [-0.1, -0.05) is 6.07 Å². The molecule has 2 aliphatic rings. The standard InChI is InChI=1S/C14H17NO5/c1-17-14(16)13-8-15(4-5-18-13)7-10-2-3-11-12(6-10)20-9-19-11/h2-3,6,13H,4-5,7-9H2,1H3. The minimum atomic E-state index is -0.497.